The molecule has 0 saturated carbocycles. The van der Waals surface area contributed by atoms with Gasteiger partial charge in [0, 0.05) is 38.5 Å². The number of likely N-dealkylation sites (tertiary alicyclic amines) is 1. The predicted molar refractivity (Wildman–Crippen MR) is 119 cm³/mol. The lowest BCUT2D eigenvalue weighted by Crippen LogP contribution is -2.41. The molecule has 2 amide bonds. The molecule has 0 bridgehead atoms. The maximum absolute atomic E-state index is 12.5. The van der Waals surface area contributed by atoms with E-state index in [1.807, 2.05) is 11.0 Å². The number of esters is 1. The molecule has 1 aliphatic rings. The van der Waals surface area contributed by atoms with Crippen LogP contribution in [-0.4, -0.2) is 42.3 Å². The maximum Gasteiger partial charge on any atom is 0.308 e. The first-order valence-corrected chi connectivity index (χ1v) is 10.8. The second-order valence-corrected chi connectivity index (χ2v) is 8.14. The number of amides is 2. The molecule has 3 rings (SSSR count). The first kappa shape index (κ1) is 22.5. The summed E-state index contributed by atoms with van der Waals surface area (Å²) in [4.78, 5) is 38.0. The van der Waals surface area contributed by atoms with Crippen LogP contribution in [0.25, 0.3) is 0 Å². The van der Waals surface area contributed by atoms with Gasteiger partial charge >= 0.3 is 5.97 Å². The maximum atomic E-state index is 12.5. The summed E-state index contributed by atoms with van der Waals surface area (Å²) in [5.74, 6) is 0.300. The number of carbonyl (C=O) groups is 3. The Bertz CT molecular complexity index is 933. The summed E-state index contributed by atoms with van der Waals surface area (Å²) in [6.07, 6.45) is 3.06. The molecule has 164 valence electrons. The van der Waals surface area contributed by atoms with Crippen LogP contribution in [0.2, 0.25) is 0 Å². The molecule has 0 aliphatic carbocycles. The van der Waals surface area contributed by atoms with Gasteiger partial charge in [-0.25, -0.2) is 0 Å². The topological polar surface area (TPSA) is 75.7 Å². The Morgan fingerprint density at radius 2 is 1.81 bits per heavy atom. The summed E-state index contributed by atoms with van der Waals surface area (Å²) in [6, 6.07) is 14.9. The Labute approximate surface area is 183 Å². The zero-order valence-corrected chi connectivity index (χ0v) is 18.2. The van der Waals surface area contributed by atoms with E-state index in [4.69, 9.17) is 4.74 Å². The number of piperidine rings is 1. The van der Waals surface area contributed by atoms with Gasteiger partial charge in [-0.15, -0.1) is 0 Å². The van der Waals surface area contributed by atoms with E-state index >= 15 is 0 Å². The highest BCUT2D eigenvalue weighted by Crippen LogP contribution is 2.19. The molecule has 0 atom stereocenters. The van der Waals surface area contributed by atoms with Gasteiger partial charge in [-0.2, -0.15) is 0 Å². The first-order valence-electron chi connectivity index (χ1n) is 10.8. The molecule has 0 spiro atoms. The third kappa shape index (κ3) is 6.95. The predicted octanol–water partition coefficient (Wildman–Crippen LogP) is 3.52. The number of hydrogen-bond donors (Lipinski definition) is 1. The van der Waals surface area contributed by atoms with E-state index in [9.17, 15) is 14.4 Å². The molecule has 2 aromatic carbocycles. The molecule has 6 heteroatoms. The van der Waals surface area contributed by atoms with E-state index in [-0.39, 0.29) is 11.8 Å². The van der Waals surface area contributed by atoms with E-state index in [0.717, 1.165) is 32.4 Å². The van der Waals surface area contributed by atoms with Gasteiger partial charge in [0.1, 0.15) is 5.75 Å². The van der Waals surface area contributed by atoms with Crippen LogP contribution in [0, 0.1) is 12.8 Å². The van der Waals surface area contributed by atoms with Gasteiger partial charge in [0.05, 0.1) is 0 Å². The zero-order valence-electron chi connectivity index (χ0n) is 18.2. The number of hydrogen-bond acceptors (Lipinski definition) is 4. The Morgan fingerprint density at radius 1 is 1.06 bits per heavy atom. The Hall–Kier alpha value is -3.15. The molecule has 0 unspecified atom stereocenters. The van der Waals surface area contributed by atoms with Crippen LogP contribution in [0.1, 0.15) is 47.7 Å². The van der Waals surface area contributed by atoms with Crippen molar-refractivity contribution < 1.29 is 19.1 Å². The minimum atomic E-state index is -0.419. The van der Waals surface area contributed by atoms with E-state index in [1.54, 1.807) is 24.3 Å². The molecule has 1 heterocycles. The second kappa shape index (κ2) is 10.8. The fourth-order valence-corrected chi connectivity index (χ4v) is 3.87. The van der Waals surface area contributed by atoms with Gasteiger partial charge in [-0.1, -0.05) is 35.9 Å². The fourth-order valence-electron chi connectivity index (χ4n) is 3.87. The van der Waals surface area contributed by atoms with Crippen molar-refractivity contribution in [2.24, 2.45) is 5.92 Å². The quantitative estimate of drug-likeness (QED) is 0.547. The summed E-state index contributed by atoms with van der Waals surface area (Å²) in [5.41, 5.74) is 2.87. The highest BCUT2D eigenvalue weighted by atomic mass is 16.5. The van der Waals surface area contributed by atoms with Gasteiger partial charge in [0.15, 0.2) is 0 Å². The molecule has 1 saturated heterocycles. The third-order valence-corrected chi connectivity index (χ3v) is 5.59. The lowest BCUT2D eigenvalue weighted by Gasteiger charge is -2.32. The number of aryl methyl sites for hydroxylation is 2. The first-order chi connectivity index (χ1) is 14.9. The monoisotopic (exact) mass is 422 g/mol. The normalized spacial score (nSPS) is 14.2. The van der Waals surface area contributed by atoms with Crippen molar-refractivity contribution >= 4 is 17.8 Å². The van der Waals surface area contributed by atoms with Crippen LogP contribution < -0.4 is 10.1 Å². The molecular weight excluding hydrogens is 392 g/mol. The van der Waals surface area contributed by atoms with Gasteiger partial charge in [-0.05, 0) is 55.9 Å². The molecule has 0 aromatic heterocycles. The average Bonchev–Trinajstić information content (AvgIpc) is 2.76. The van der Waals surface area contributed by atoms with Crippen LogP contribution in [0.5, 0.6) is 5.75 Å². The summed E-state index contributed by atoms with van der Waals surface area (Å²) in [6.45, 7) is 5.42. The summed E-state index contributed by atoms with van der Waals surface area (Å²) in [5, 5.41) is 2.96. The van der Waals surface area contributed by atoms with Crippen molar-refractivity contribution in [3.8, 4) is 5.75 Å². The lowest BCUT2D eigenvalue weighted by molar-refractivity contribution is -0.133. The molecule has 1 aliphatic heterocycles. The Morgan fingerprint density at radius 3 is 2.52 bits per heavy atom. The zero-order chi connectivity index (χ0) is 22.2. The van der Waals surface area contributed by atoms with Crippen molar-refractivity contribution in [1.82, 2.24) is 10.2 Å². The average molecular weight is 423 g/mol. The lowest BCUT2D eigenvalue weighted by atomic mass is 9.96. The standard InChI is InChI=1S/C25H30N2O4/c1-18-5-3-6-20(15-18)9-10-24(29)27-13-11-21(12-14-27)17-26-25(30)22-7-4-8-23(16-22)31-19(2)28/h3-8,15-16,21H,9-14,17H2,1-2H3,(H,26,30). The number of rotatable bonds is 7. The van der Waals surface area contributed by atoms with Crippen LogP contribution in [-0.2, 0) is 16.0 Å². The van der Waals surface area contributed by atoms with Gasteiger partial charge < -0.3 is 15.0 Å². The van der Waals surface area contributed by atoms with Gasteiger partial charge in [0.2, 0.25) is 5.91 Å². The molecule has 1 fully saturated rings. The second-order valence-electron chi connectivity index (χ2n) is 8.14. The number of benzene rings is 2. The van der Waals surface area contributed by atoms with Crippen LogP contribution in [0.4, 0.5) is 0 Å². The molecule has 2 aromatic rings. The van der Waals surface area contributed by atoms with Crippen LogP contribution in [0.3, 0.4) is 0 Å². The van der Waals surface area contributed by atoms with Crippen LogP contribution in [0.15, 0.2) is 48.5 Å². The van der Waals surface area contributed by atoms with E-state index in [0.29, 0.717) is 30.2 Å². The largest absolute Gasteiger partial charge is 0.427 e. The summed E-state index contributed by atoms with van der Waals surface area (Å²) >= 11 is 0. The summed E-state index contributed by atoms with van der Waals surface area (Å²) < 4.78 is 5.03. The Balaban J connectivity index is 1.40. The highest BCUT2D eigenvalue weighted by molar-refractivity contribution is 5.94. The molecular formula is C25H30N2O4. The van der Waals surface area contributed by atoms with Crippen molar-refractivity contribution in [3.63, 3.8) is 0 Å². The number of nitrogens with one attached hydrogen (secondary N) is 1. The van der Waals surface area contributed by atoms with Crippen LogP contribution >= 0.6 is 0 Å². The van der Waals surface area contributed by atoms with Gasteiger partial charge in [-0.3, -0.25) is 14.4 Å². The van der Waals surface area contributed by atoms with Crippen molar-refractivity contribution in [3.05, 3.63) is 65.2 Å². The van der Waals surface area contributed by atoms with Crippen molar-refractivity contribution in [2.75, 3.05) is 19.6 Å². The van der Waals surface area contributed by atoms with E-state index in [1.165, 1.54) is 18.1 Å². The number of carbonyl (C=O) groups excluding carboxylic acids is 3. The third-order valence-electron chi connectivity index (χ3n) is 5.59. The van der Waals surface area contributed by atoms with E-state index < -0.39 is 5.97 Å². The molecule has 1 N–H and O–H groups in total. The smallest absolute Gasteiger partial charge is 0.308 e. The number of nitrogens with zero attached hydrogens (tertiary/aromatic N) is 1. The van der Waals surface area contributed by atoms with E-state index in [2.05, 4.69) is 30.4 Å². The highest BCUT2D eigenvalue weighted by Gasteiger charge is 2.23. The SMILES string of the molecule is CC(=O)Oc1cccc(C(=O)NCC2CCN(C(=O)CCc3cccc(C)c3)CC2)c1. The van der Waals surface area contributed by atoms with Crippen molar-refractivity contribution in [1.29, 1.82) is 0 Å². The fraction of sp³-hybridized carbons (Fsp3) is 0.400. The molecule has 0 radical (unpaired) electrons. The Kier molecular flexibility index (Phi) is 7.82. The van der Waals surface area contributed by atoms with Crippen molar-refractivity contribution in [2.45, 2.75) is 39.5 Å². The molecule has 31 heavy (non-hydrogen) atoms. The summed E-state index contributed by atoms with van der Waals surface area (Å²) in [7, 11) is 0. The number of ether oxygens (including phenoxy) is 1. The minimum absolute atomic E-state index is 0.189. The molecule has 6 nitrogen and oxygen atoms in total. The van der Waals surface area contributed by atoms with Gasteiger partial charge in [0.25, 0.3) is 5.91 Å². The minimum Gasteiger partial charge on any atom is -0.427 e.